The molecule has 1 heterocycles. The lowest BCUT2D eigenvalue weighted by Gasteiger charge is -2.08. The van der Waals surface area contributed by atoms with E-state index >= 15 is 0 Å². The van der Waals surface area contributed by atoms with Gasteiger partial charge in [0.15, 0.2) is 5.78 Å². The van der Waals surface area contributed by atoms with E-state index in [1.165, 1.54) is 6.92 Å². The molecule has 0 saturated heterocycles. The number of aryl methyl sites for hydroxylation is 1. The maximum atomic E-state index is 13.0. The van der Waals surface area contributed by atoms with E-state index in [4.69, 9.17) is 4.74 Å². The summed E-state index contributed by atoms with van der Waals surface area (Å²) in [4.78, 5) is 15.2. The maximum absolute atomic E-state index is 13.0. The van der Waals surface area contributed by atoms with E-state index in [0.29, 0.717) is 5.75 Å². The number of ketones is 1. The fourth-order valence-corrected chi connectivity index (χ4v) is 1.55. The maximum Gasteiger partial charge on any atom is 0.230 e. The summed E-state index contributed by atoms with van der Waals surface area (Å²) in [6.45, 7) is 3.27. The molecule has 2 aromatic rings. The second-order valence-electron chi connectivity index (χ2n) is 3.98. The van der Waals surface area contributed by atoms with Gasteiger partial charge in [-0.25, -0.2) is 9.37 Å². The Bertz CT molecular complexity index is 596. The molecule has 0 atom stereocenters. The molecule has 2 rings (SSSR count). The largest absolute Gasteiger partial charge is 0.438 e. The Morgan fingerprint density at radius 1 is 1.33 bits per heavy atom. The summed E-state index contributed by atoms with van der Waals surface area (Å²) in [6.07, 6.45) is 1.03. The Morgan fingerprint density at radius 2 is 2.11 bits per heavy atom. The lowest BCUT2D eigenvalue weighted by Crippen LogP contribution is -2.00. The van der Waals surface area contributed by atoms with Gasteiger partial charge in [0, 0.05) is 0 Å². The summed E-state index contributed by atoms with van der Waals surface area (Å²) >= 11 is 0. The molecule has 4 heteroatoms. The van der Waals surface area contributed by atoms with Crippen LogP contribution in [0.3, 0.4) is 0 Å². The first-order chi connectivity index (χ1) is 8.56. The molecule has 0 aliphatic heterocycles. The molecule has 0 aliphatic carbocycles. The zero-order valence-electron chi connectivity index (χ0n) is 10.1. The number of carbonyl (C=O) groups excluding carboxylic acids is 1. The quantitative estimate of drug-likeness (QED) is 0.776. The number of hydrogen-bond donors (Lipinski definition) is 0. The van der Waals surface area contributed by atoms with E-state index < -0.39 is 5.82 Å². The molecule has 0 fully saturated rings. The van der Waals surface area contributed by atoms with Crippen molar-refractivity contribution in [2.75, 3.05) is 0 Å². The molecular formula is C14H12FNO2. The van der Waals surface area contributed by atoms with E-state index in [1.54, 1.807) is 6.07 Å². The molecule has 0 amide bonds. The van der Waals surface area contributed by atoms with Crippen molar-refractivity contribution >= 4 is 5.78 Å². The first kappa shape index (κ1) is 12.2. The van der Waals surface area contributed by atoms with Gasteiger partial charge in [-0.2, -0.15) is 0 Å². The minimum absolute atomic E-state index is 0.120. The number of hydrogen-bond acceptors (Lipinski definition) is 3. The van der Waals surface area contributed by atoms with Gasteiger partial charge in [0.25, 0.3) is 0 Å². The third kappa shape index (κ3) is 2.71. The number of carbonyl (C=O) groups is 1. The van der Waals surface area contributed by atoms with Crippen LogP contribution in [0.1, 0.15) is 22.8 Å². The van der Waals surface area contributed by atoms with E-state index in [9.17, 15) is 9.18 Å². The first-order valence-electron chi connectivity index (χ1n) is 5.47. The topological polar surface area (TPSA) is 39.2 Å². The Kier molecular flexibility index (Phi) is 3.37. The van der Waals surface area contributed by atoms with Crippen LogP contribution >= 0.6 is 0 Å². The zero-order chi connectivity index (χ0) is 13.1. The molecule has 18 heavy (non-hydrogen) atoms. The summed E-state index contributed by atoms with van der Waals surface area (Å²) < 4.78 is 18.5. The fourth-order valence-electron chi connectivity index (χ4n) is 1.55. The van der Waals surface area contributed by atoms with Crippen molar-refractivity contribution in [3.8, 4) is 11.6 Å². The highest BCUT2D eigenvalue weighted by atomic mass is 19.1. The molecule has 0 saturated carbocycles. The van der Waals surface area contributed by atoms with Crippen molar-refractivity contribution in [3.63, 3.8) is 0 Å². The predicted molar refractivity (Wildman–Crippen MR) is 65.5 cm³/mol. The summed E-state index contributed by atoms with van der Waals surface area (Å²) in [5.74, 6) is -0.160. The second-order valence-corrected chi connectivity index (χ2v) is 3.98. The Morgan fingerprint density at radius 3 is 2.78 bits per heavy atom. The lowest BCUT2D eigenvalue weighted by atomic mass is 10.2. The van der Waals surface area contributed by atoms with Gasteiger partial charge in [-0.15, -0.1) is 0 Å². The van der Waals surface area contributed by atoms with Gasteiger partial charge in [-0.3, -0.25) is 4.79 Å². The molecule has 0 unspecified atom stereocenters. The number of ether oxygens (including phenoxy) is 1. The smallest absolute Gasteiger partial charge is 0.230 e. The third-order valence-electron chi connectivity index (χ3n) is 2.40. The van der Waals surface area contributed by atoms with E-state index in [2.05, 4.69) is 4.98 Å². The molecule has 0 N–H and O–H groups in total. The molecule has 92 valence electrons. The van der Waals surface area contributed by atoms with E-state index in [0.717, 1.165) is 17.8 Å². The summed E-state index contributed by atoms with van der Waals surface area (Å²) in [5, 5.41) is 0. The van der Waals surface area contributed by atoms with E-state index in [1.807, 2.05) is 25.1 Å². The molecule has 0 bridgehead atoms. The lowest BCUT2D eigenvalue weighted by molar-refractivity contribution is 0.101. The van der Waals surface area contributed by atoms with Gasteiger partial charge in [-0.1, -0.05) is 12.1 Å². The monoisotopic (exact) mass is 245 g/mol. The van der Waals surface area contributed by atoms with Gasteiger partial charge in [-0.05, 0) is 37.6 Å². The summed E-state index contributed by atoms with van der Waals surface area (Å²) in [6, 6.07) is 8.45. The van der Waals surface area contributed by atoms with Gasteiger partial charge in [0.1, 0.15) is 11.6 Å². The van der Waals surface area contributed by atoms with Gasteiger partial charge in [0.05, 0.1) is 11.8 Å². The molecular weight excluding hydrogens is 233 g/mol. The number of pyridine rings is 1. The number of rotatable bonds is 3. The minimum atomic E-state index is -0.559. The Hall–Kier alpha value is -2.23. The fraction of sp³-hybridized carbons (Fsp3) is 0.143. The Labute approximate surface area is 104 Å². The minimum Gasteiger partial charge on any atom is -0.438 e. The van der Waals surface area contributed by atoms with Gasteiger partial charge in [0.2, 0.25) is 5.88 Å². The number of Topliss-reactive ketones (excluding diaryl/α,β-unsaturated/α-hetero) is 1. The number of aromatic nitrogens is 1. The molecule has 1 aromatic carbocycles. The number of benzene rings is 1. The SMILES string of the molecule is CC(=O)c1cc(F)cnc1Oc1cccc(C)c1. The van der Waals surface area contributed by atoms with Crippen molar-refractivity contribution in [2.45, 2.75) is 13.8 Å². The highest BCUT2D eigenvalue weighted by Crippen LogP contribution is 2.24. The number of nitrogens with zero attached hydrogens (tertiary/aromatic N) is 1. The average Bonchev–Trinajstić information content (AvgIpc) is 2.31. The van der Waals surface area contributed by atoms with Crippen LogP contribution in [-0.2, 0) is 0 Å². The van der Waals surface area contributed by atoms with Crippen molar-refractivity contribution in [1.29, 1.82) is 0 Å². The van der Waals surface area contributed by atoms with Crippen molar-refractivity contribution in [3.05, 3.63) is 53.5 Å². The van der Waals surface area contributed by atoms with Gasteiger partial charge < -0.3 is 4.74 Å². The summed E-state index contributed by atoms with van der Waals surface area (Å²) in [5.41, 5.74) is 1.16. The predicted octanol–water partition coefficient (Wildman–Crippen LogP) is 3.52. The van der Waals surface area contributed by atoms with Crippen LogP contribution in [-0.4, -0.2) is 10.8 Å². The van der Waals surface area contributed by atoms with Crippen LogP contribution in [0, 0.1) is 12.7 Å². The highest BCUT2D eigenvalue weighted by Gasteiger charge is 2.12. The van der Waals surface area contributed by atoms with Crippen LogP contribution in [0.4, 0.5) is 4.39 Å². The first-order valence-corrected chi connectivity index (χ1v) is 5.47. The normalized spacial score (nSPS) is 10.2. The molecule has 3 nitrogen and oxygen atoms in total. The van der Waals surface area contributed by atoms with Crippen LogP contribution < -0.4 is 4.74 Å². The van der Waals surface area contributed by atoms with Crippen molar-refractivity contribution in [2.24, 2.45) is 0 Å². The molecule has 0 spiro atoms. The number of halogens is 1. The van der Waals surface area contributed by atoms with Crippen LogP contribution in [0.5, 0.6) is 11.6 Å². The van der Waals surface area contributed by atoms with Crippen molar-refractivity contribution < 1.29 is 13.9 Å². The van der Waals surface area contributed by atoms with Crippen molar-refractivity contribution in [1.82, 2.24) is 4.98 Å². The van der Waals surface area contributed by atoms with Crippen LogP contribution in [0.2, 0.25) is 0 Å². The highest BCUT2D eigenvalue weighted by molar-refractivity contribution is 5.96. The zero-order valence-corrected chi connectivity index (χ0v) is 10.1. The van der Waals surface area contributed by atoms with Gasteiger partial charge >= 0.3 is 0 Å². The Balaban J connectivity index is 2.37. The molecule has 0 aliphatic rings. The molecule has 1 aromatic heterocycles. The van der Waals surface area contributed by atoms with Crippen LogP contribution in [0.15, 0.2) is 36.5 Å². The standard InChI is InChI=1S/C14H12FNO2/c1-9-4-3-5-12(6-9)18-14-13(10(2)17)7-11(15)8-16-14/h3-8H,1-2H3. The van der Waals surface area contributed by atoms with E-state index in [-0.39, 0.29) is 17.2 Å². The second kappa shape index (κ2) is 4.96. The average molecular weight is 245 g/mol. The third-order valence-corrected chi connectivity index (χ3v) is 2.40. The summed E-state index contributed by atoms with van der Waals surface area (Å²) in [7, 11) is 0. The molecule has 0 radical (unpaired) electrons. The van der Waals surface area contributed by atoms with Crippen LogP contribution in [0.25, 0.3) is 0 Å².